The minimum Gasteiger partial charge on any atom is -0.473 e. The van der Waals surface area contributed by atoms with Gasteiger partial charge >= 0.3 is 0 Å². The second-order valence-corrected chi connectivity index (χ2v) is 14.0. The van der Waals surface area contributed by atoms with E-state index in [-0.39, 0.29) is 12.0 Å². The number of anilines is 1. The number of fused-ring (bicyclic) bond motifs is 3. The number of rotatable bonds is 10. The molecular formula is C40H37FN10O3. The number of carbonyl (C=O) groups excluding carboxylic acids is 1. The fraction of sp³-hybridized carbons (Fsp3) is 0.300. The van der Waals surface area contributed by atoms with Gasteiger partial charge in [0.25, 0.3) is 5.91 Å². The third kappa shape index (κ3) is 6.41. The van der Waals surface area contributed by atoms with Crippen molar-refractivity contribution >= 4 is 44.6 Å². The van der Waals surface area contributed by atoms with Gasteiger partial charge < -0.3 is 24.3 Å². The number of nitrogens with zero attached hydrogens (tertiary/aromatic N) is 7. The normalized spacial score (nSPS) is 16.5. The Morgan fingerprint density at radius 2 is 1.96 bits per heavy atom. The first-order valence-corrected chi connectivity index (χ1v) is 18.1. The molecule has 0 radical (unpaired) electrons. The molecule has 1 atom stereocenters. The number of aromatic nitrogens is 7. The molecule has 13 nitrogen and oxygen atoms in total. The fourth-order valence-electron chi connectivity index (χ4n) is 7.53. The van der Waals surface area contributed by atoms with E-state index >= 15 is 0 Å². The summed E-state index contributed by atoms with van der Waals surface area (Å²) in [6.07, 6.45) is 4.61. The average Bonchev–Trinajstić information content (AvgIpc) is 3.90. The lowest BCUT2D eigenvalue weighted by Crippen LogP contribution is -2.35. The summed E-state index contributed by atoms with van der Waals surface area (Å²) in [5.74, 6) is 0.971. The van der Waals surface area contributed by atoms with Crippen molar-refractivity contribution in [2.24, 2.45) is 0 Å². The van der Waals surface area contributed by atoms with E-state index in [2.05, 4.69) is 47.1 Å². The summed E-state index contributed by atoms with van der Waals surface area (Å²) in [6, 6.07) is 20.3. The van der Waals surface area contributed by atoms with Gasteiger partial charge in [-0.15, -0.1) is 0 Å². The first-order valence-electron chi connectivity index (χ1n) is 18.1. The van der Waals surface area contributed by atoms with Gasteiger partial charge in [-0.1, -0.05) is 12.1 Å². The van der Waals surface area contributed by atoms with Gasteiger partial charge in [-0.2, -0.15) is 10.4 Å². The molecule has 54 heavy (non-hydrogen) atoms. The van der Waals surface area contributed by atoms with Crippen LogP contribution in [0.2, 0.25) is 0 Å². The number of aryl methyl sites for hydroxylation is 1. The molecule has 2 fully saturated rings. The number of amides is 1. The first kappa shape index (κ1) is 33.7. The van der Waals surface area contributed by atoms with Crippen LogP contribution in [0.15, 0.2) is 67.0 Å². The summed E-state index contributed by atoms with van der Waals surface area (Å²) in [4.78, 5) is 33.1. The molecule has 14 heteroatoms. The van der Waals surface area contributed by atoms with Gasteiger partial charge in [0.05, 0.1) is 58.8 Å². The number of imidazole rings is 2. The largest absolute Gasteiger partial charge is 0.473 e. The lowest BCUT2D eigenvalue weighted by Gasteiger charge is -2.32. The van der Waals surface area contributed by atoms with Crippen LogP contribution >= 0.6 is 0 Å². The van der Waals surface area contributed by atoms with E-state index in [0.29, 0.717) is 70.4 Å². The van der Waals surface area contributed by atoms with Crippen molar-refractivity contribution in [3.05, 3.63) is 107 Å². The third-order valence-electron chi connectivity index (χ3n) is 10.6. The second kappa shape index (κ2) is 14.0. The number of ether oxygens (including phenoxy) is 2. The minimum atomic E-state index is -0.476. The van der Waals surface area contributed by atoms with Crippen molar-refractivity contribution in [1.82, 2.24) is 39.6 Å². The Balaban J connectivity index is 0.872. The van der Waals surface area contributed by atoms with E-state index in [1.54, 1.807) is 37.5 Å². The van der Waals surface area contributed by atoms with Crippen molar-refractivity contribution < 1.29 is 18.7 Å². The predicted molar refractivity (Wildman–Crippen MR) is 199 cm³/mol. The van der Waals surface area contributed by atoms with E-state index in [1.807, 2.05) is 24.3 Å². The molecule has 272 valence electrons. The highest BCUT2D eigenvalue weighted by Gasteiger charge is 2.26. The Labute approximate surface area is 309 Å². The van der Waals surface area contributed by atoms with E-state index in [1.165, 1.54) is 6.07 Å². The second-order valence-electron chi connectivity index (χ2n) is 14.0. The molecule has 0 unspecified atom stereocenters. The lowest BCUT2D eigenvalue weighted by molar-refractivity contribution is -0.0592. The van der Waals surface area contributed by atoms with Crippen molar-refractivity contribution in [1.29, 1.82) is 5.26 Å². The Hall–Kier alpha value is -6.17. The molecule has 6 heterocycles. The number of H-pyrrole nitrogens is 2. The molecule has 3 N–H and O–H groups in total. The van der Waals surface area contributed by atoms with Gasteiger partial charge in [0, 0.05) is 46.5 Å². The van der Waals surface area contributed by atoms with Crippen molar-refractivity contribution in [3.8, 4) is 11.9 Å². The molecule has 2 aliphatic heterocycles. The first-order chi connectivity index (χ1) is 26.4. The number of nitrogens with one attached hydrogen (secondary N) is 3. The SMILES string of the molecule is Cc1n[nH]c2c(F)cc(NC(=O)c3ccc4c(c3)nc(CN3CCC(c5cccc(OCc6ccc(C#N)c7[nH]cnc67)n5)CC3)n4C[C@@H]3CCO3)cc12. The zero-order chi connectivity index (χ0) is 36.8. The van der Waals surface area contributed by atoms with Crippen LogP contribution in [0.5, 0.6) is 5.88 Å². The van der Waals surface area contributed by atoms with Gasteiger partial charge in [-0.25, -0.2) is 19.3 Å². The Morgan fingerprint density at radius 1 is 1.09 bits per heavy atom. The molecule has 2 aliphatic rings. The van der Waals surface area contributed by atoms with E-state index in [9.17, 15) is 14.4 Å². The lowest BCUT2D eigenvalue weighted by atomic mass is 9.93. The van der Waals surface area contributed by atoms with Crippen LogP contribution in [0.25, 0.3) is 33.0 Å². The molecule has 3 aromatic carbocycles. The molecule has 7 aromatic rings. The molecule has 0 spiro atoms. The van der Waals surface area contributed by atoms with Crippen LogP contribution in [0.3, 0.4) is 0 Å². The summed E-state index contributed by atoms with van der Waals surface area (Å²) >= 11 is 0. The molecule has 0 bridgehead atoms. The fourth-order valence-corrected chi connectivity index (χ4v) is 7.53. The van der Waals surface area contributed by atoms with Crippen molar-refractivity contribution in [2.75, 3.05) is 25.0 Å². The smallest absolute Gasteiger partial charge is 0.255 e. The number of halogens is 1. The standard InChI is InChI=1S/C40H37FN10O3/c1-23-30-16-28(17-31(41)39(30)49-48-23)45-40(52)25-7-8-34-33(15-25)46-35(51(34)19-29-11-14-53-29)20-50-12-9-24(10-13-50)32-3-2-4-36(47-32)54-21-27-6-5-26(18-42)37-38(27)44-22-43-37/h2-8,15-17,22,24,29H,9-14,19-21H2,1H3,(H,43,44)(H,45,52)(H,48,49)/t29-/m0/s1. The molecule has 4 aromatic heterocycles. The minimum absolute atomic E-state index is 0.133. The number of carbonyl (C=O) groups is 1. The zero-order valence-corrected chi connectivity index (χ0v) is 29.6. The summed E-state index contributed by atoms with van der Waals surface area (Å²) in [6.45, 7) is 5.97. The van der Waals surface area contributed by atoms with E-state index in [0.717, 1.165) is 72.6 Å². The number of nitriles is 1. The maximum atomic E-state index is 14.7. The van der Waals surface area contributed by atoms with E-state index < -0.39 is 5.82 Å². The Bertz CT molecular complexity index is 2570. The number of likely N-dealkylation sites (tertiary alicyclic amines) is 1. The number of piperidine rings is 1. The van der Waals surface area contributed by atoms with Crippen molar-refractivity contribution in [2.45, 2.75) is 57.9 Å². The summed E-state index contributed by atoms with van der Waals surface area (Å²) < 4.78 is 28.8. The highest BCUT2D eigenvalue weighted by atomic mass is 19.1. The average molecular weight is 725 g/mol. The maximum Gasteiger partial charge on any atom is 0.255 e. The highest BCUT2D eigenvalue weighted by Crippen LogP contribution is 2.31. The number of pyridine rings is 1. The van der Waals surface area contributed by atoms with Crippen LogP contribution in [-0.2, 0) is 24.4 Å². The third-order valence-corrected chi connectivity index (χ3v) is 10.6. The van der Waals surface area contributed by atoms with Crippen LogP contribution < -0.4 is 10.1 Å². The van der Waals surface area contributed by atoms with Gasteiger partial charge in [-0.05, 0) is 81.7 Å². The summed E-state index contributed by atoms with van der Waals surface area (Å²) in [5.41, 5.74) is 7.33. The molecule has 9 rings (SSSR count). The maximum absolute atomic E-state index is 14.7. The van der Waals surface area contributed by atoms with Crippen LogP contribution in [0.1, 0.15) is 63.9 Å². The molecule has 1 amide bonds. The number of aromatic amines is 2. The Morgan fingerprint density at radius 3 is 2.78 bits per heavy atom. The quantitative estimate of drug-likeness (QED) is 0.143. The Kier molecular flexibility index (Phi) is 8.72. The van der Waals surface area contributed by atoms with Gasteiger partial charge in [0.1, 0.15) is 24.0 Å². The van der Waals surface area contributed by atoms with Gasteiger partial charge in [0.2, 0.25) is 5.88 Å². The van der Waals surface area contributed by atoms with Gasteiger partial charge in [-0.3, -0.25) is 14.8 Å². The summed E-state index contributed by atoms with van der Waals surface area (Å²) in [5, 5.41) is 19.6. The number of hydrogen-bond acceptors (Lipinski definition) is 9. The van der Waals surface area contributed by atoms with E-state index in [4.69, 9.17) is 19.4 Å². The molecule has 0 saturated carbocycles. The number of benzene rings is 3. The van der Waals surface area contributed by atoms with Crippen LogP contribution in [0.4, 0.5) is 10.1 Å². The molecule has 0 aliphatic carbocycles. The predicted octanol–water partition coefficient (Wildman–Crippen LogP) is 6.50. The monoisotopic (exact) mass is 724 g/mol. The topological polar surface area (TPSA) is 163 Å². The zero-order valence-electron chi connectivity index (χ0n) is 29.6. The molecular weight excluding hydrogens is 688 g/mol. The van der Waals surface area contributed by atoms with Gasteiger partial charge in [0.15, 0.2) is 5.82 Å². The highest BCUT2D eigenvalue weighted by molar-refractivity contribution is 6.06. The number of hydrogen-bond donors (Lipinski definition) is 3. The molecule has 2 saturated heterocycles. The van der Waals surface area contributed by atoms with Crippen LogP contribution in [-0.4, -0.2) is 71.3 Å². The summed E-state index contributed by atoms with van der Waals surface area (Å²) in [7, 11) is 0. The van der Waals surface area contributed by atoms with Crippen LogP contribution in [0, 0.1) is 24.1 Å². The van der Waals surface area contributed by atoms with Crippen molar-refractivity contribution in [3.63, 3.8) is 0 Å².